The van der Waals surface area contributed by atoms with E-state index in [9.17, 15) is 4.79 Å². The minimum atomic E-state index is 0.172. The highest BCUT2D eigenvalue weighted by Crippen LogP contribution is 2.34. The number of aromatic nitrogens is 3. The molecule has 1 aliphatic rings. The number of likely N-dealkylation sites (tertiary alicyclic amines) is 1. The topological polar surface area (TPSA) is 59.0 Å². The fourth-order valence-electron chi connectivity index (χ4n) is 3.42. The van der Waals surface area contributed by atoms with Gasteiger partial charge in [0, 0.05) is 30.4 Å². The van der Waals surface area contributed by atoms with E-state index in [1.165, 1.54) is 21.5 Å². The van der Waals surface area contributed by atoms with Crippen LogP contribution < -0.4 is 0 Å². The summed E-state index contributed by atoms with van der Waals surface area (Å²) in [5.74, 6) is 1.03. The minimum Gasteiger partial charge on any atom is -0.342 e. The first kappa shape index (κ1) is 18.4. The van der Waals surface area contributed by atoms with Gasteiger partial charge in [0.1, 0.15) is 0 Å². The summed E-state index contributed by atoms with van der Waals surface area (Å²) in [6, 6.07) is 10.2. The van der Waals surface area contributed by atoms with E-state index in [2.05, 4.69) is 28.2 Å². The Labute approximate surface area is 167 Å². The molecule has 3 heterocycles. The molecule has 0 saturated carbocycles. The lowest BCUT2D eigenvalue weighted by Crippen LogP contribution is -2.38. The molecule has 4 rings (SSSR count). The van der Waals surface area contributed by atoms with E-state index in [1.54, 1.807) is 11.3 Å². The van der Waals surface area contributed by atoms with Crippen LogP contribution in [0.2, 0.25) is 0 Å². The third-order valence-corrected chi connectivity index (χ3v) is 6.82. The average Bonchev–Trinajstić information content (AvgIpc) is 3.10. The van der Waals surface area contributed by atoms with Crippen molar-refractivity contribution in [2.24, 2.45) is 0 Å². The first-order valence-electron chi connectivity index (χ1n) is 9.17. The van der Waals surface area contributed by atoms with E-state index in [-0.39, 0.29) is 5.91 Å². The summed E-state index contributed by atoms with van der Waals surface area (Å²) < 4.78 is 1.25. The molecule has 0 aliphatic carbocycles. The van der Waals surface area contributed by atoms with Crippen LogP contribution in [0.3, 0.4) is 0 Å². The van der Waals surface area contributed by atoms with E-state index in [1.807, 2.05) is 30.9 Å². The van der Waals surface area contributed by atoms with Gasteiger partial charge in [0.15, 0.2) is 5.16 Å². The van der Waals surface area contributed by atoms with Crippen molar-refractivity contribution in [3.8, 4) is 0 Å². The summed E-state index contributed by atoms with van der Waals surface area (Å²) in [5.41, 5.74) is 2.96. The Morgan fingerprint density at radius 3 is 2.56 bits per heavy atom. The van der Waals surface area contributed by atoms with E-state index in [0.717, 1.165) is 42.8 Å². The van der Waals surface area contributed by atoms with E-state index >= 15 is 0 Å². The van der Waals surface area contributed by atoms with Crippen molar-refractivity contribution in [1.82, 2.24) is 19.9 Å². The Kier molecular flexibility index (Phi) is 5.41. The van der Waals surface area contributed by atoms with Crippen LogP contribution in [0.4, 0.5) is 0 Å². The number of amides is 1. The van der Waals surface area contributed by atoms with Gasteiger partial charge in [-0.05, 0) is 44.9 Å². The fraction of sp³-hybridized carbons (Fsp3) is 0.400. The Morgan fingerprint density at radius 2 is 1.85 bits per heavy atom. The molecule has 1 aliphatic heterocycles. The number of fused-ring (bicyclic) bond motifs is 1. The predicted octanol–water partition coefficient (Wildman–Crippen LogP) is 4.20. The van der Waals surface area contributed by atoms with Gasteiger partial charge in [-0.25, -0.2) is 15.0 Å². The van der Waals surface area contributed by atoms with Gasteiger partial charge in [-0.2, -0.15) is 0 Å². The van der Waals surface area contributed by atoms with Gasteiger partial charge in [0.25, 0.3) is 0 Å². The molecule has 0 atom stereocenters. The molecule has 1 amide bonds. The lowest BCUT2D eigenvalue weighted by Gasteiger charge is -2.31. The molecule has 0 N–H and O–H groups in total. The van der Waals surface area contributed by atoms with Crippen LogP contribution in [-0.4, -0.2) is 44.6 Å². The molecule has 1 aromatic carbocycles. The standard InChI is InChI=1S/C20H22N4OS2/c1-13-11-14(2)22-20(21-13)26-12-18(25)24-9-7-15(8-10-24)19-23-16-5-3-4-6-17(16)27-19/h3-6,11,15H,7-10,12H2,1-2H3. The molecule has 27 heavy (non-hydrogen) atoms. The number of carbonyl (C=O) groups excluding carboxylic acids is 1. The van der Waals surface area contributed by atoms with Crippen LogP contribution in [0.25, 0.3) is 10.2 Å². The molecule has 2 aromatic heterocycles. The molecule has 1 fully saturated rings. The third kappa shape index (κ3) is 4.30. The van der Waals surface area contributed by atoms with Crippen molar-refractivity contribution in [3.63, 3.8) is 0 Å². The summed E-state index contributed by atoms with van der Waals surface area (Å²) in [6.45, 7) is 5.50. The first-order chi connectivity index (χ1) is 13.1. The number of thiazole rings is 1. The molecule has 140 valence electrons. The van der Waals surface area contributed by atoms with E-state index in [4.69, 9.17) is 4.98 Å². The monoisotopic (exact) mass is 398 g/mol. The second kappa shape index (κ2) is 7.94. The van der Waals surface area contributed by atoms with Gasteiger partial charge in [-0.15, -0.1) is 11.3 Å². The Bertz CT molecular complexity index is 910. The first-order valence-corrected chi connectivity index (χ1v) is 11.0. The molecule has 5 nitrogen and oxygen atoms in total. The molecule has 0 unspecified atom stereocenters. The number of benzene rings is 1. The van der Waals surface area contributed by atoms with Crippen molar-refractivity contribution >= 4 is 39.2 Å². The number of aryl methyl sites for hydroxylation is 2. The Hall–Kier alpha value is -1.99. The number of piperidine rings is 1. The van der Waals surface area contributed by atoms with Gasteiger partial charge in [-0.1, -0.05) is 23.9 Å². The molecule has 0 spiro atoms. The van der Waals surface area contributed by atoms with Crippen LogP contribution in [0.15, 0.2) is 35.5 Å². The fourth-order valence-corrected chi connectivity index (χ4v) is 5.40. The van der Waals surface area contributed by atoms with Crippen LogP contribution in [-0.2, 0) is 4.79 Å². The smallest absolute Gasteiger partial charge is 0.233 e. The van der Waals surface area contributed by atoms with Crippen molar-refractivity contribution in [3.05, 3.63) is 46.7 Å². The maximum absolute atomic E-state index is 12.6. The van der Waals surface area contributed by atoms with E-state index in [0.29, 0.717) is 16.8 Å². The minimum absolute atomic E-state index is 0.172. The highest BCUT2D eigenvalue weighted by Gasteiger charge is 2.26. The number of carbonyl (C=O) groups is 1. The van der Waals surface area contributed by atoms with Gasteiger partial charge >= 0.3 is 0 Å². The number of rotatable bonds is 4. The summed E-state index contributed by atoms with van der Waals surface area (Å²) in [4.78, 5) is 28.1. The summed E-state index contributed by atoms with van der Waals surface area (Å²) in [7, 11) is 0. The number of para-hydroxylation sites is 1. The Balaban J connectivity index is 1.32. The van der Waals surface area contributed by atoms with Gasteiger partial charge in [-0.3, -0.25) is 4.79 Å². The quantitative estimate of drug-likeness (QED) is 0.487. The van der Waals surface area contributed by atoms with E-state index < -0.39 is 0 Å². The third-order valence-electron chi connectivity index (χ3n) is 4.79. The van der Waals surface area contributed by atoms with Gasteiger partial charge in [0.2, 0.25) is 5.91 Å². The second-order valence-corrected chi connectivity index (χ2v) is 8.90. The summed E-state index contributed by atoms with van der Waals surface area (Å²) >= 11 is 3.22. The number of hydrogen-bond donors (Lipinski definition) is 0. The SMILES string of the molecule is Cc1cc(C)nc(SCC(=O)N2CCC(c3nc4ccccc4s3)CC2)n1. The van der Waals surface area contributed by atoms with Crippen LogP contribution >= 0.6 is 23.1 Å². The number of nitrogens with zero attached hydrogens (tertiary/aromatic N) is 4. The lowest BCUT2D eigenvalue weighted by atomic mass is 9.97. The zero-order valence-electron chi connectivity index (χ0n) is 15.5. The maximum atomic E-state index is 12.6. The summed E-state index contributed by atoms with van der Waals surface area (Å²) in [5, 5.41) is 1.89. The predicted molar refractivity (Wildman–Crippen MR) is 110 cm³/mol. The van der Waals surface area contributed by atoms with Crippen molar-refractivity contribution < 1.29 is 4.79 Å². The van der Waals surface area contributed by atoms with Crippen LogP contribution in [0.1, 0.15) is 35.2 Å². The molecule has 0 bridgehead atoms. The second-order valence-electron chi connectivity index (χ2n) is 6.90. The zero-order chi connectivity index (χ0) is 18.8. The molecule has 1 saturated heterocycles. The lowest BCUT2D eigenvalue weighted by molar-refractivity contribution is -0.129. The van der Waals surface area contributed by atoms with Gasteiger partial charge < -0.3 is 4.90 Å². The highest BCUT2D eigenvalue weighted by atomic mass is 32.2. The van der Waals surface area contributed by atoms with Crippen molar-refractivity contribution in [2.75, 3.05) is 18.8 Å². The zero-order valence-corrected chi connectivity index (χ0v) is 17.1. The largest absolute Gasteiger partial charge is 0.342 e. The van der Waals surface area contributed by atoms with Crippen molar-refractivity contribution in [1.29, 1.82) is 0 Å². The van der Waals surface area contributed by atoms with Crippen LogP contribution in [0.5, 0.6) is 0 Å². The van der Waals surface area contributed by atoms with Crippen LogP contribution in [0, 0.1) is 13.8 Å². The van der Waals surface area contributed by atoms with Crippen molar-refractivity contribution in [2.45, 2.75) is 37.8 Å². The Morgan fingerprint density at radius 1 is 1.15 bits per heavy atom. The average molecular weight is 399 g/mol. The van der Waals surface area contributed by atoms with Gasteiger partial charge in [0.05, 0.1) is 21.0 Å². The number of hydrogen-bond acceptors (Lipinski definition) is 6. The maximum Gasteiger partial charge on any atom is 0.233 e. The molecule has 7 heteroatoms. The molecule has 3 aromatic rings. The molecular weight excluding hydrogens is 376 g/mol. The highest BCUT2D eigenvalue weighted by molar-refractivity contribution is 7.99. The summed E-state index contributed by atoms with van der Waals surface area (Å²) in [6.07, 6.45) is 1.96. The molecule has 0 radical (unpaired) electrons. The number of thioether (sulfide) groups is 1. The normalized spacial score (nSPS) is 15.4. The molecular formula is C20H22N4OS2.